The zero-order valence-electron chi connectivity index (χ0n) is 33.9. The number of fused-ring (bicyclic) bond motifs is 10. The summed E-state index contributed by atoms with van der Waals surface area (Å²) in [5, 5.41) is 6.16. The van der Waals surface area contributed by atoms with Crippen molar-refractivity contribution in [1.82, 2.24) is 9.13 Å². The molecule has 4 aliphatic rings. The van der Waals surface area contributed by atoms with Crippen LogP contribution in [-0.4, -0.2) is 23.9 Å². The van der Waals surface area contributed by atoms with Crippen LogP contribution in [0, 0.1) is 0 Å². The first kappa shape index (κ1) is 33.8. The minimum atomic E-state index is -2.15. The molecule has 0 saturated heterocycles. The highest BCUT2D eigenvalue weighted by molar-refractivity contribution is 7.14. The van der Waals surface area contributed by atoms with Gasteiger partial charge in [0.15, 0.2) is 0 Å². The summed E-state index contributed by atoms with van der Waals surface area (Å²) in [5.41, 5.74) is 20.7. The van der Waals surface area contributed by atoms with Gasteiger partial charge in [-0.25, -0.2) is 0 Å². The second kappa shape index (κ2) is 11.5. The second-order valence-corrected chi connectivity index (χ2v) is 23.8. The Morgan fingerprint density at radius 2 is 1.13 bits per heavy atom. The maximum atomic E-state index is 2.66. The Hall–Kier alpha value is -4.54. The predicted octanol–water partition coefficient (Wildman–Crippen LogP) is 8.92. The predicted molar refractivity (Wildman–Crippen MR) is 239 cm³/mol. The Kier molecular flexibility index (Phi) is 7.07. The van der Waals surface area contributed by atoms with Crippen molar-refractivity contribution in [2.75, 3.05) is 0 Å². The largest absolute Gasteiger partial charge is 0.313 e. The molecule has 2 nitrogen and oxygen atoms in total. The molecular weight excluding hydrogens is 679 g/mol. The summed E-state index contributed by atoms with van der Waals surface area (Å²) in [6, 6.07) is 38.9. The van der Waals surface area contributed by atoms with Crippen molar-refractivity contribution in [2.45, 2.75) is 110 Å². The third kappa shape index (κ3) is 4.61. The third-order valence-corrected chi connectivity index (χ3v) is 18.1. The van der Waals surface area contributed by atoms with Crippen molar-refractivity contribution in [1.29, 1.82) is 0 Å². The van der Waals surface area contributed by atoms with Crippen molar-refractivity contribution in [2.24, 2.45) is 0 Å². The van der Waals surface area contributed by atoms with Crippen LogP contribution in [0.25, 0.3) is 33.2 Å². The number of hydrogen-bond acceptors (Lipinski definition) is 0. The lowest BCUT2D eigenvalue weighted by atomic mass is 9.31. The fourth-order valence-electron chi connectivity index (χ4n) is 11.7. The van der Waals surface area contributed by atoms with Gasteiger partial charge in [0.05, 0.1) is 11.0 Å². The molecule has 5 aromatic carbocycles. The molecule has 0 saturated carbocycles. The van der Waals surface area contributed by atoms with Crippen molar-refractivity contribution in [3.8, 4) is 11.4 Å². The number of nitrogens with zero attached hydrogens (tertiary/aromatic N) is 2. The number of aromatic nitrogens is 2. The summed E-state index contributed by atoms with van der Waals surface area (Å²) in [6.45, 7) is 17.8. The van der Waals surface area contributed by atoms with E-state index in [9.17, 15) is 0 Å². The van der Waals surface area contributed by atoms with Gasteiger partial charge in [0.25, 0.3) is 0 Å². The van der Waals surface area contributed by atoms with Crippen LogP contribution in [0.3, 0.4) is 0 Å². The van der Waals surface area contributed by atoms with E-state index in [2.05, 4.69) is 154 Å². The van der Waals surface area contributed by atoms with Gasteiger partial charge in [0, 0.05) is 39.0 Å². The zero-order chi connectivity index (χ0) is 37.6. The highest BCUT2D eigenvalue weighted by atomic mass is 28.3. The first-order valence-electron chi connectivity index (χ1n) is 21.2. The summed E-state index contributed by atoms with van der Waals surface area (Å²) in [7, 11) is -2.15. The summed E-state index contributed by atoms with van der Waals surface area (Å²) in [6.07, 6.45) is 9.83. The first-order chi connectivity index (χ1) is 26.4. The molecule has 0 atom stereocenters. The molecule has 2 aliphatic heterocycles. The lowest BCUT2D eigenvalue weighted by molar-refractivity contribution is 0.583. The van der Waals surface area contributed by atoms with Crippen molar-refractivity contribution >= 4 is 63.4 Å². The molecule has 7 aromatic rings. The van der Waals surface area contributed by atoms with E-state index >= 15 is 0 Å². The zero-order valence-corrected chi connectivity index (χ0v) is 34.9. The van der Waals surface area contributed by atoms with E-state index in [1.54, 1.807) is 32.5 Å². The lowest BCUT2D eigenvalue weighted by Gasteiger charge is -2.47. The molecule has 4 heterocycles. The number of benzene rings is 5. The minimum absolute atomic E-state index is 0.0536. The third-order valence-electron chi connectivity index (χ3n) is 14.6. The molecule has 55 heavy (non-hydrogen) atoms. The standard InChI is InChI=1S/C51H53BN2Si/c1-50(2,3)32-28-40-49-48(29-32)55(6,7)47-31-34(54-45-22-14-10-18-37(45)38-19-11-15-23-46(38)54)25-27-42(47)52(49)41-26-24-33(30-39(41)51(40,4)5)53-43-20-12-8-16-35(43)36-17-9-13-21-44(36)53/h8,10,12,14,16,18,20,22,24-31H,9,11,13,15,17,19,21,23H2,1-7H3. The lowest BCUT2D eigenvalue weighted by Crippen LogP contribution is -2.79. The van der Waals surface area contributed by atoms with Gasteiger partial charge in [-0.3, -0.25) is 0 Å². The molecular formula is C51H53BN2Si. The Bertz CT molecular complexity index is 2590. The van der Waals surface area contributed by atoms with Gasteiger partial charge in [0.1, 0.15) is 8.07 Å². The highest BCUT2D eigenvalue weighted by Gasteiger charge is 2.49. The van der Waals surface area contributed by atoms with Gasteiger partial charge in [-0.05, 0) is 121 Å². The van der Waals surface area contributed by atoms with Gasteiger partial charge in [-0.15, -0.1) is 0 Å². The van der Waals surface area contributed by atoms with Crippen LogP contribution in [0.2, 0.25) is 13.1 Å². The maximum Gasteiger partial charge on any atom is 0.241 e. The van der Waals surface area contributed by atoms with E-state index in [0.717, 1.165) is 12.8 Å². The number of para-hydroxylation sites is 2. The van der Waals surface area contributed by atoms with E-state index in [4.69, 9.17) is 0 Å². The summed E-state index contributed by atoms with van der Waals surface area (Å²) < 4.78 is 5.28. The van der Waals surface area contributed by atoms with Gasteiger partial charge in [0.2, 0.25) is 6.71 Å². The minimum Gasteiger partial charge on any atom is -0.313 e. The fraction of sp³-hybridized carbons (Fsp3) is 0.333. The Morgan fingerprint density at radius 1 is 0.582 bits per heavy atom. The smallest absolute Gasteiger partial charge is 0.241 e. The van der Waals surface area contributed by atoms with Gasteiger partial charge in [-0.1, -0.05) is 135 Å². The highest BCUT2D eigenvalue weighted by Crippen LogP contribution is 2.40. The molecule has 274 valence electrons. The normalized spacial score (nSPS) is 17.8. The molecule has 0 fully saturated rings. The van der Waals surface area contributed by atoms with Gasteiger partial charge >= 0.3 is 0 Å². The monoisotopic (exact) mass is 732 g/mol. The van der Waals surface area contributed by atoms with Crippen LogP contribution in [0.15, 0.2) is 97.1 Å². The second-order valence-electron chi connectivity index (χ2n) is 19.4. The number of rotatable bonds is 2. The number of aryl methyl sites for hydroxylation is 2. The van der Waals surface area contributed by atoms with E-state index in [0.29, 0.717) is 0 Å². The van der Waals surface area contributed by atoms with Crippen LogP contribution >= 0.6 is 0 Å². The molecule has 11 rings (SSSR count). The average Bonchev–Trinajstić information content (AvgIpc) is 3.70. The van der Waals surface area contributed by atoms with E-state index < -0.39 is 8.07 Å². The quantitative estimate of drug-likeness (QED) is 0.157. The molecule has 4 heteroatoms. The van der Waals surface area contributed by atoms with Crippen LogP contribution in [0.5, 0.6) is 0 Å². The van der Waals surface area contributed by atoms with E-state index in [-0.39, 0.29) is 17.5 Å². The summed E-state index contributed by atoms with van der Waals surface area (Å²) in [5.74, 6) is 0. The van der Waals surface area contributed by atoms with Crippen molar-refractivity contribution < 1.29 is 0 Å². The molecule has 0 amide bonds. The fourth-order valence-corrected chi connectivity index (χ4v) is 15.0. The van der Waals surface area contributed by atoms with E-state index in [1.807, 2.05) is 0 Å². The summed E-state index contributed by atoms with van der Waals surface area (Å²) >= 11 is 0. The van der Waals surface area contributed by atoms with Crippen LogP contribution in [-0.2, 0) is 36.5 Å². The average molecular weight is 733 g/mol. The molecule has 0 radical (unpaired) electrons. The molecule has 0 bridgehead atoms. The number of hydrogen-bond donors (Lipinski definition) is 0. The van der Waals surface area contributed by atoms with Gasteiger partial charge < -0.3 is 9.13 Å². The Labute approximate surface area is 328 Å². The first-order valence-corrected chi connectivity index (χ1v) is 24.2. The molecule has 0 unspecified atom stereocenters. The summed E-state index contributed by atoms with van der Waals surface area (Å²) in [4.78, 5) is 0. The SMILES string of the molecule is CC(C)(C)c1cc2c3c(c1)[Si](C)(C)c1cc(-n4c5c(c6ccccc64)CCCC5)ccc1B3c1ccc(-n3c4c(c5ccccc53)CCCC4)cc1C2(C)C. The van der Waals surface area contributed by atoms with Crippen LogP contribution < -0.4 is 26.8 Å². The maximum absolute atomic E-state index is 2.66. The molecule has 0 N–H and O–H groups in total. The van der Waals surface area contributed by atoms with Crippen molar-refractivity contribution in [3.05, 3.63) is 136 Å². The molecule has 2 aromatic heterocycles. The molecule has 0 spiro atoms. The van der Waals surface area contributed by atoms with E-state index in [1.165, 1.54) is 105 Å². The van der Waals surface area contributed by atoms with Crippen LogP contribution in [0.4, 0.5) is 0 Å². The van der Waals surface area contributed by atoms with Crippen molar-refractivity contribution in [3.63, 3.8) is 0 Å². The topological polar surface area (TPSA) is 9.86 Å². The molecule has 2 aliphatic carbocycles. The Morgan fingerprint density at radius 3 is 1.73 bits per heavy atom. The van der Waals surface area contributed by atoms with Crippen LogP contribution in [0.1, 0.15) is 99.5 Å². The van der Waals surface area contributed by atoms with Gasteiger partial charge in [-0.2, -0.15) is 0 Å². The Balaban J connectivity index is 1.17.